The van der Waals surface area contributed by atoms with Crippen LogP contribution in [0.3, 0.4) is 0 Å². The lowest BCUT2D eigenvalue weighted by atomic mass is 10.0. The Balaban J connectivity index is 1.77. The molecule has 1 aromatic heterocycles. The van der Waals surface area contributed by atoms with Gasteiger partial charge in [0.25, 0.3) is 0 Å². The first-order valence-corrected chi connectivity index (χ1v) is 9.96. The molecule has 1 atom stereocenters. The second-order valence-corrected chi connectivity index (χ2v) is 7.53. The largest absolute Gasteiger partial charge is 0.393 e. The van der Waals surface area contributed by atoms with Crippen molar-refractivity contribution in [1.82, 2.24) is 14.7 Å². The number of hydrogen-bond donors (Lipinski definition) is 4. The van der Waals surface area contributed by atoms with Gasteiger partial charge in [-0.05, 0) is 61.6 Å². The molecule has 0 saturated carbocycles. The topological polar surface area (TPSA) is 60.9 Å². The molecule has 1 unspecified atom stereocenters. The number of aliphatic hydroxyl groups is 1. The molecule has 0 aliphatic heterocycles. The van der Waals surface area contributed by atoms with E-state index in [1.165, 1.54) is 6.07 Å². The van der Waals surface area contributed by atoms with Crippen molar-refractivity contribution < 1.29 is 9.50 Å². The van der Waals surface area contributed by atoms with Gasteiger partial charge in [0, 0.05) is 22.7 Å². The third kappa shape index (κ3) is 5.14. The number of aromatic nitrogens is 2. The lowest BCUT2D eigenvalue weighted by molar-refractivity contribution is 0.156. The van der Waals surface area contributed by atoms with Crippen LogP contribution in [0, 0.1) is 12.7 Å². The number of halogens is 2. The summed E-state index contributed by atoms with van der Waals surface area (Å²) in [5.74, 6) is 0.447. The molecular weight excluding hydrogens is 397 g/mol. The number of aliphatic hydroxyl groups excluding tert-OH is 1. The van der Waals surface area contributed by atoms with E-state index in [2.05, 4.69) is 27.5 Å². The summed E-state index contributed by atoms with van der Waals surface area (Å²) < 4.78 is 16.6. The Morgan fingerprint density at radius 1 is 1.21 bits per heavy atom. The van der Waals surface area contributed by atoms with Crippen LogP contribution in [0.25, 0.3) is 22.6 Å². The average Bonchev–Trinajstić information content (AvgIpc) is 3.18. The number of hydrogen-bond acceptors (Lipinski definition) is 4. The lowest BCUT2D eigenvalue weighted by Gasteiger charge is -2.11. The van der Waals surface area contributed by atoms with Gasteiger partial charge in [-0.2, -0.15) is 0 Å². The predicted molar refractivity (Wildman–Crippen MR) is 115 cm³/mol. The van der Waals surface area contributed by atoms with Crippen LogP contribution in [0.1, 0.15) is 24.0 Å². The number of H-pyrrole nitrogens is 1. The number of aromatic amines is 1. The second-order valence-electron chi connectivity index (χ2n) is 6.80. The Morgan fingerprint density at radius 3 is 2.75 bits per heavy atom. The summed E-state index contributed by atoms with van der Waals surface area (Å²) in [6.45, 7) is 2.38. The number of aryl methyl sites for hydroxylation is 2. The van der Waals surface area contributed by atoms with Crippen molar-refractivity contribution in [1.29, 1.82) is 0 Å². The van der Waals surface area contributed by atoms with Gasteiger partial charge in [-0.25, -0.2) is 9.37 Å². The number of benzene rings is 2. The van der Waals surface area contributed by atoms with E-state index in [4.69, 9.17) is 11.6 Å². The second kappa shape index (κ2) is 9.56. The van der Waals surface area contributed by atoms with Gasteiger partial charge in [0.2, 0.25) is 0 Å². The molecular formula is C21H23ClFN3OS. The third-order valence-corrected chi connectivity index (χ3v) is 5.31. The van der Waals surface area contributed by atoms with Crippen molar-refractivity contribution in [2.75, 3.05) is 6.54 Å². The van der Waals surface area contributed by atoms with E-state index in [1.54, 1.807) is 19.2 Å². The summed E-state index contributed by atoms with van der Waals surface area (Å²) in [7, 11) is 0. The van der Waals surface area contributed by atoms with Crippen molar-refractivity contribution in [3.05, 3.63) is 64.6 Å². The van der Waals surface area contributed by atoms with E-state index in [-0.39, 0.29) is 5.82 Å². The van der Waals surface area contributed by atoms with Gasteiger partial charge in [0.1, 0.15) is 11.6 Å². The number of rotatable bonds is 8. The standard InChI is InChI=1S/C21H23ClFN3OS/c1-13-2-3-15(11-19(13)23)20-12-24-21(26-20)16-5-7-18(22)14(10-16)4-6-17(27)8-9-25-28/h2-3,5,7,10-12,17,25,27-28H,4,6,8-9H2,1H3,(H,24,26). The summed E-state index contributed by atoms with van der Waals surface area (Å²) in [6, 6.07) is 10.8. The first kappa shape index (κ1) is 20.9. The third-order valence-electron chi connectivity index (χ3n) is 4.71. The molecule has 1 heterocycles. The number of nitrogens with one attached hydrogen (secondary N) is 2. The van der Waals surface area contributed by atoms with Crippen molar-refractivity contribution in [2.24, 2.45) is 0 Å². The molecule has 0 amide bonds. The van der Waals surface area contributed by atoms with Crippen LogP contribution < -0.4 is 4.72 Å². The summed E-state index contributed by atoms with van der Waals surface area (Å²) >= 11 is 10.3. The number of nitrogens with zero attached hydrogens (tertiary/aromatic N) is 1. The van der Waals surface area contributed by atoms with Gasteiger partial charge in [-0.3, -0.25) is 4.72 Å². The minimum absolute atomic E-state index is 0.242. The van der Waals surface area contributed by atoms with E-state index >= 15 is 0 Å². The minimum atomic E-state index is -0.411. The van der Waals surface area contributed by atoms with Crippen LogP contribution in [-0.4, -0.2) is 27.7 Å². The zero-order valence-corrected chi connectivity index (χ0v) is 17.2. The van der Waals surface area contributed by atoms with E-state index in [9.17, 15) is 9.50 Å². The molecule has 148 valence electrons. The van der Waals surface area contributed by atoms with Crippen molar-refractivity contribution >= 4 is 24.4 Å². The van der Waals surface area contributed by atoms with E-state index in [0.717, 1.165) is 22.4 Å². The summed E-state index contributed by atoms with van der Waals surface area (Å²) in [6.07, 6.45) is 3.20. The van der Waals surface area contributed by atoms with E-state index < -0.39 is 6.10 Å². The molecule has 2 aromatic carbocycles. The molecule has 28 heavy (non-hydrogen) atoms. The van der Waals surface area contributed by atoms with Crippen molar-refractivity contribution in [2.45, 2.75) is 32.3 Å². The zero-order chi connectivity index (χ0) is 20.1. The van der Waals surface area contributed by atoms with E-state index in [0.29, 0.717) is 42.2 Å². The molecule has 0 bridgehead atoms. The maximum atomic E-state index is 13.8. The average molecular weight is 420 g/mol. The highest BCUT2D eigenvalue weighted by Crippen LogP contribution is 2.27. The molecule has 3 N–H and O–H groups in total. The summed E-state index contributed by atoms with van der Waals surface area (Å²) in [4.78, 5) is 7.68. The molecule has 3 aromatic rings. The Kier molecular flexibility index (Phi) is 7.13. The number of thiol groups is 1. The predicted octanol–water partition coefficient (Wildman–Crippen LogP) is 4.96. The molecule has 0 radical (unpaired) electrons. The highest BCUT2D eigenvalue weighted by molar-refractivity contribution is 7.78. The lowest BCUT2D eigenvalue weighted by Crippen LogP contribution is -2.14. The highest BCUT2D eigenvalue weighted by atomic mass is 35.5. The minimum Gasteiger partial charge on any atom is -0.393 e. The highest BCUT2D eigenvalue weighted by Gasteiger charge is 2.11. The summed E-state index contributed by atoms with van der Waals surface area (Å²) in [5.41, 5.74) is 3.95. The molecule has 0 aliphatic carbocycles. The molecule has 3 rings (SSSR count). The van der Waals surface area contributed by atoms with Crippen LogP contribution in [0.5, 0.6) is 0 Å². The summed E-state index contributed by atoms with van der Waals surface area (Å²) in [5, 5.41) is 10.7. The molecule has 0 saturated heterocycles. The first-order chi connectivity index (χ1) is 13.5. The van der Waals surface area contributed by atoms with Crippen LogP contribution >= 0.6 is 24.4 Å². The van der Waals surface area contributed by atoms with Gasteiger partial charge >= 0.3 is 0 Å². The zero-order valence-electron chi connectivity index (χ0n) is 15.5. The fourth-order valence-corrected chi connectivity index (χ4v) is 3.33. The first-order valence-electron chi connectivity index (χ1n) is 9.13. The Bertz CT molecular complexity index is 947. The smallest absolute Gasteiger partial charge is 0.137 e. The van der Waals surface area contributed by atoms with Gasteiger partial charge < -0.3 is 10.1 Å². The van der Waals surface area contributed by atoms with Gasteiger partial charge in [-0.15, -0.1) is 0 Å². The SMILES string of the molecule is Cc1ccc(-c2cnc(-c3ccc(Cl)c(CCC(O)CCNS)c3)[nH]2)cc1F. The fraction of sp³-hybridized carbons (Fsp3) is 0.286. The Morgan fingerprint density at radius 2 is 2.00 bits per heavy atom. The fourth-order valence-electron chi connectivity index (χ4n) is 2.99. The number of imidazole rings is 1. The molecule has 4 nitrogen and oxygen atoms in total. The van der Waals surface area contributed by atoms with E-state index in [1.807, 2.05) is 24.3 Å². The molecule has 0 aliphatic rings. The van der Waals surface area contributed by atoms with Crippen LogP contribution in [-0.2, 0) is 6.42 Å². The van der Waals surface area contributed by atoms with Crippen molar-refractivity contribution in [3.8, 4) is 22.6 Å². The van der Waals surface area contributed by atoms with Crippen LogP contribution in [0.2, 0.25) is 5.02 Å². The van der Waals surface area contributed by atoms with Gasteiger partial charge in [0.05, 0.1) is 18.0 Å². The van der Waals surface area contributed by atoms with Crippen molar-refractivity contribution in [3.63, 3.8) is 0 Å². The Labute approximate surface area is 174 Å². The molecule has 0 spiro atoms. The van der Waals surface area contributed by atoms with Gasteiger partial charge in [-0.1, -0.05) is 36.5 Å². The molecule has 7 heteroatoms. The molecule has 0 fully saturated rings. The normalized spacial score (nSPS) is 12.3. The quantitative estimate of drug-likeness (QED) is 0.390. The van der Waals surface area contributed by atoms with Crippen LogP contribution in [0.15, 0.2) is 42.6 Å². The van der Waals surface area contributed by atoms with Gasteiger partial charge in [0.15, 0.2) is 0 Å². The Hall–Kier alpha value is -1.86. The van der Waals surface area contributed by atoms with Crippen LogP contribution in [0.4, 0.5) is 4.39 Å². The monoisotopic (exact) mass is 419 g/mol. The maximum Gasteiger partial charge on any atom is 0.137 e. The maximum absolute atomic E-state index is 13.8.